The molecule has 0 aliphatic carbocycles. The van der Waals surface area contributed by atoms with Crippen LogP contribution in [-0.2, 0) is 10.0 Å². The number of sulfonamides is 1. The van der Waals surface area contributed by atoms with E-state index in [1.165, 1.54) is 51.5 Å². The monoisotopic (exact) mass is 476 g/mol. The molecule has 0 bridgehead atoms. The van der Waals surface area contributed by atoms with Gasteiger partial charge in [0.25, 0.3) is 11.6 Å². The predicted molar refractivity (Wildman–Crippen MR) is 126 cm³/mol. The summed E-state index contributed by atoms with van der Waals surface area (Å²) >= 11 is 0. The van der Waals surface area contributed by atoms with Crippen molar-refractivity contribution in [3.8, 4) is 5.75 Å². The number of nitro benzene ring substituents is 1. The number of amides is 1. The fourth-order valence-electron chi connectivity index (χ4n) is 3.84. The maximum atomic E-state index is 12.9. The van der Waals surface area contributed by atoms with E-state index in [0.717, 1.165) is 30.2 Å². The number of hydrogen-bond donors (Lipinski definition) is 1. The molecule has 1 atom stereocenters. The van der Waals surface area contributed by atoms with E-state index in [9.17, 15) is 23.3 Å². The molecule has 1 aliphatic heterocycles. The number of rotatable bonds is 7. The quantitative estimate of drug-likeness (QED) is 0.480. The van der Waals surface area contributed by atoms with Crippen molar-refractivity contribution < 1.29 is 22.9 Å². The van der Waals surface area contributed by atoms with Gasteiger partial charge in [0.1, 0.15) is 11.4 Å². The molecule has 11 heteroatoms. The molecule has 0 spiro atoms. The first-order valence-electron chi connectivity index (χ1n) is 10.5. The van der Waals surface area contributed by atoms with Crippen LogP contribution in [0.3, 0.4) is 0 Å². The molecule has 1 aliphatic rings. The van der Waals surface area contributed by atoms with Crippen molar-refractivity contribution in [1.82, 2.24) is 4.31 Å². The lowest BCUT2D eigenvalue weighted by Crippen LogP contribution is -2.34. The third-order valence-electron chi connectivity index (χ3n) is 5.63. The summed E-state index contributed by atoms with van der Waals surface area (Å²) in [6, 6.07) is 8.48. The maximum Gasteiger partial charge on any atom is 0.293 e. The van der Waals surface area contributed by atoms with Gasteiger partial charge in [-0.15, -0.1) is 0 Å². The van der Waals surface area contributed by atoms with Gasteiger partial charge in [-0.25, -0.2) is 12.7 Å². The lowest BCUT2D eigenvalue weighted by atomic mass is 9.99. The summed E-state index contributed by atoms with van der Waals surface area (Å²) in [7, 11) is 0.468. The molecule has 2 aromatic carbocycles. The van der Waals surface area contributed by atoms with Gasteiger partial charge in [-0.1, -0.05) is 6.92 Å². The largest absolute Gasteiger partial charge is 0.495 e. The Morgan fingerprint density at radius 2 is 1.97 bits per heavy atom. The van der Waals surface area contributed by atoms with Gasteiger partial charge in [-0.2, -0.15) is 0 Å². The molecule has 1 fully saturated rings. The standard InChI is InChI=1S/C22H28N4O6S/c1-15-6-5-11-25(14-15)19-9-7-16(12-20(19)26(28)29)22(27)23-18-13-17(8-10-21(18)32-4)33(30,31)24(2)3/h7-10,12-13,15H,5-6,11,14H2,1-4H3,(H,23,27). The third-order valence-corrected chi connectivity index (χ3v) is 7.44. The summed E-state index contributed by atoms with van der Waals surface area (Å²) < 4.78 is 31.2. The lowest BCUT2D eigenvalue weighted by Gasteiger charge is -2.32. The van der Waals surface area contributed by atoms with Crippen LogP contribution < -0.4 is 15.0 Å². The minimum atomic E-state index is -3.73. The Bertz CT molecular complexity index is 1170. The minimum Gasteiger partial charge on any atom is -0.495 e. The molecule has 1 unspecified atom stereocenters. The smallest absolute Gasteiger partial charge is 0.293 e. The Kier molecular flexibility index (Phi) is 7.23. The van der Waals surface area contributed by atoms with Crippen LogP contribution in [0.1, 0.15) is 30.1 Å². The molecule has 3 rings (SSSR count). The highest BCUT2D eigenvalue weighted by molar-refractivity contribution is 7.89. The molecule has 10 nitrogen and oxygen atoms in total. The lowest BCUT2D eigenvalue weighted by molar-refractivity contribution is -0.384. The van der Waals surface area contributed by atoms with E-state index >= 15 is 0 Å². The van der Waals surface area contributed by atoms with Crippen molar-refractivity contribution in [2.24, 2.45) is 5.92 Å². The van der Waals surface area contributed by atoms with E-state index in [-0.39, 0.29) is 27.6 Å². The van der Waals surface area contributed by atoms with Gasteiger partial charge in [-0.3, -0.25) is 14.9 Å². The number of hydrogen-bond acceptors (Lipinski definition) is 7. The van der Waals surface area contributed by atoms with Crippen molar-refractivity contribution in [3.05, 3.63) is 52.1 Å². The van der Waals surface area contributed by atoms with E-state index in [0.29, 0.717) is 11.6 Å². The Labute approximate surface area is 193 Å². The molecular formula is C22H28N4O6S. The van der Waals surface area contributed by atoms with Crippen molar-refractivity contribution in [2.75, 3.05) is 44.5 Å². The van der Waals surface area contributed by atoms with Crippen LogP contribution >= 0.6 is 0 Å². The van der Waals surface area contributed by atoms with E-state index in [1.54, 1.807) is 6.07 Å². The van der Waals surface area contributed by atoms with Gasteiger partial charge in [0.15, 0.2) is 0 Å². The molecule has 2 aromatic rings. The highest BCUT2D eigenvalue weighted by Crippen LogP contribution is 2.33. The highest BCUT2D eigenvalue weighted by atomic mass is 32.2. The molecule has 1 amide bonds. The second-order valence-corrected chi connectivity index (χ2v) is 10.4. The van der Waals surface area contributed by atoms with Gasteiger partial charge < -0.3 is 15.0 Å². The predicted octanol–water partition coefficient (Wildman–Crippen LogP) is 3.34. The number of methoxy groups -OCH3 is 1. The highest BCUT2D eigenvalue weighted by Gasteiger charge is 2.26. The number of nitro groups is 1. The molecule has 33 heavy (non-hydrogen) atoms. The summed E-state index contributed by atoms with van der Waals surface area (Å²) in [6.45, 7) is 3.55. The summed E-state index contributed by atoms with van der Waals surface area (Å²) in [4.78, 5) is 26.1. The van der Waals surface area contributed by atoms with E-state index in [4.69, 9.17) is 4.74 Å². The first kappa shape index (κ1) is 24.5. The average Bonchev–Trinajstić information content (AvgIpc) is 2.78. The number of benzene rings is 2. The van der Waals surface area contributed by atoms with Gasteiger partial charge in [-0.05, 0) is 49.1 Å². The van der Waals surface area contributed by atoms with Gasteiger partial charge in [0, 0.05) is 38.8 Å². The zero-order valence-corrected chi connectivity index (χ0v) is 19.9. The molecule has 1 N–H and O–H groups in total. The van der Waals surface area contributed by atoms with Crippen LogP contribution in [0, 0.1) is 16.0 Å². The van der Waals surface area contributed by atoms with Crippen LogP contribution in [0.2, 0.25) is 0 Å². The van der Waals surface area contributed by atoms with Crippen LogP contribution in [0.5, 0.6) is 5.75 Å². The molecular weight excluding hydrogens is 448 g/mol. The number of anilines is 2. The molecule has 1 saturated heterocycles. The van der Waals surface area contributed by atoms with E-state index in [1.807, 2.05) is 4.90 Å². The molecule has 0 saturated carbocycles. The average molecular weight is 477 g/mol. The second kappa shape index (κ2) is 9.75. The Morgan fingerprint density at radius 1 is 1.24 bits per heavy atom. The van der Waals surface area contributed by atoms with Crippen molar-refractivity contribution in [2.45, 2.75) is 24.7 Å². The summed E-state index contributed by atoms with van der Waals surface area (Å²) in [5, 5.41) is 14.4. The van der Waals surface area contributed by atoms with Crippen LogP contribution in [-0.4, -0.2) is 57.8 Å². The third kappa shape index (κ3) is 5.25. The number of carbonyl (C=O) groups excluding carboxylic acids is 1. The second-order valence-electron chi connectivity index (χ2n) is 8.26. The first-order valence-corrected chi connectivity index (χ1v) is 11.9. The molecule has 1 heterocycles. The van der Waals surface area contributed by atoms with Crippen molar-refractivity contribution >= 4 is 33.0 Å². The first-order chi connectivity index (χ1) is 15.5. The molecule has 0 radical (unpaired) electrons. The fourth-order valence-corrected chi connectivity index (χ4v) is 4.77. The van der Waals surface area contributed by atoms with Crippen LogP contribution in [0.4, 0.5) is 17.1 Å². The fraction of sp³-hybridized carbons (Fsp3) is 0.409. The number of ether oxygens (including phenoxy) is 1. The number of piperidine rings is 1. The molecule has 178 valence electrons. The van der Waals surface area contributed by atoms with Crippen LogP contribution in [0.15, 0.2) is 41.3 Å². The van der Waals surface area contributed by atoms with Crippen molar-refractivity contribution in [3.63, 3.8) is 0 Å². The topological polar surface area (TPSA) is 122 Å². The Morgan fingerprint density at radius 3 is 2.58 bits per heavy atom. The zero-order valence-electron chi connectivity index (χ0n) is 19.1. The SMILES string of the molecule is COc1ccc(S(=O)(=O)N(C)C)cc1NC(=O)c1ccc(N2CCCC(C)C2)c([N+](=O)[O-])c1. The maximum absolute atomic E-state index is 12.9. The Balaban J connectivity index is 1.93. The summed E-state index contributed by atoms with van der Waals surface area (Å²) in [5.41, 5.74) is 0.563. The van der Waals surface area contributed by atoms with Gasteiger partial charge in [0.05, 0.1) is 22.6 Å². The summed E-state index contributed by atoms with van der Waals surface area (Å²) in [5.74, 6) is 0.0726. The van der Waals surface area contributed by atoms with Gasteiger partial charge in [0.2, 0.25) is 10.0 Å². The number of nitrogens with zero attached hydrogens (tertiary/aromatic N) is 3. The minimum absolute atomic E-state index is 0.0239. The summed E-state index contributed by atoms with van der Waals surface area (Å²) in [6.07, 6.45) is 2.03. The normalized spacial score (nSPS) is 16.5. The molecule has 0 aromatic heterocycles. The van der Waals surface area contributed by atoms with E-state index in [2.05, 4.69) is 12.2 Å². The van der Waals surface area contributed by atoms with Crippen molar-refractivity contribution in [1.29, 1.82) is 0 Å². The number of nitrogens with one attached hydrogen (secondary N) is 1. The van der Waals surface area contributed by atoms with Gasteiger partial charge >= 0.3 is 0 Å². The van der Waals surface area contributed by atoms with E-state index < -0.39 is 20.9 Å². The van der Waals surface area contributed by atoms with Crippen LogP contribution in [0.25, 0.3) is 0 Å². The zero-order chi connectivity index (χ0) is 24.3. The number of carbonyl (C=O) groups is 1. The Hall–Kier alpha value is -3.18.